The number of carbonyl (C=O) groups is 3. The van der Waals surface area contributed by atoms with Crippen molar-refractivity contribution in [3.8, 4) is 11.8 Å². The molecule has 1 aliphatic rings. The molecule has 0 bridgehead atoms. The van der Waals surface area contributed by atoms with Crippen LogP contribution in [0.2, 0.25) is 0 Å². The zero-order valence-electron chi connectivity index (χ0n) is 14.8. The van der Waals surface area contributed by atoms with Crippen molar-refractivity contribution >= 4 is 50.9 Å². The largest absolute Gasteiger partial charge is 0.488 e. The van der Waals surface area contributed by atoms with Gasteiger partial charge < -0.3 is 9.84 Å². The van der Waals surface area contributed by atoms with Gasteiger partial charge in [-0.05, 0) is 42.1 Å². The minimum Gasteiger partial charge on any atom is -0.488 e. The van der Waals surface area contributed by atoms with Gasteiger partial charge in [0, 0.05) is 15.6 Å². The molecule has 1 aliphatic heterocycles. The maximum atomic E-state index is 12.4. The van der Waals surface area contributed by atoms with Crippen molar-refractivity contribution in [1.29, 1.82) is 5.26 Å². The highest BCUT2D eigenvalue weighted by atomic mass is 79.9. The zero-order valence-corrected chi connectivity index (χ0v) is 17.2. The molecular formula is C20H13BrN2O5S. The van der Waals surface area contributed by atoms with Crippen molar-refractivity contribution in [1.82, 2.24) is 4.90 Å². The lowest BCUT2D eigenvalue weighted by molar-refractivity contribution is -0.140. The van der Waals surface area contributed by atoms with Crippen molar-refractivity contribution in [3.05, 3.63) is 68.5 Å². The number of hydrogen-bond acceptors (Lipinski definition) is 6. The van der Waals surface area contributed by atoms with Crippen molar-refractivity contribution in [2.24, 2.45) is 0 Å². The molecule has 1 heterocycles. The number of halogens is 1. The number of benzene rings is 2. The molecule has 0 aliphatic carbocycles. The Bertz CT molecular complexity index is 1080. The van der Waals surface area contributed by atoms with Crippen LogP contribution in [0.1, 0.15) is 16.7 Å². The van der Waals surface area contributed by atoms with E-state index in [1.807, 2.05) is 0 Å². The van der Waals surface area contributed by atoms with E-state index in [0.717, 1.165) is 4.47 Å². The highest BCUT2D eigenvalue weighted by molar-refractivity contribution is 9.10. The highest BCUT2D eigenvalue weighted by Crippen LogP contribution is 2.35. The van der Waals surface area contributed by atoms with E-state index in [-0.39, 0.29) is 11.5 Å². The first-order valence-electron chi connectivity index (χ1n) is 8.26. The molecule has 7 nitrogen and oxygen atoms in total. The van der Waals surface area contributed by atoms with Crippen LogP contribution in [0.25, 0.3) is 6.08 Å². The Kier molecular flexibility index (Phi) is 6.36. The maximum absolute atomic E-state index is 12.4. The van der Waals surface area contributed by atoms with Gasteiger partial charge in [-0.2, -0.15) is 5.26 Å². The fourth-order valence-electron chi connectivity index (χ4n) is 2.59. The third-order valence-corrected chi connectivity index (χ3v) is 5.35. The first-order valence-corrected chi connectivity index (χ1v) is 9.87. The maximum Gasteiger partial charge on any atom is 0.323 e. The number of hydrogen-bond donors (Lipinski definition) is 1. The van der Waals surface area contributed by atoms with Gasteiger partial charge in [-0.15, -0.1) is 0 Å². The molecule has 2 aromatic rings. The van der Waals surface area contributed by atoms with Crippen LogP contribution in [-0.2, 0) is 16.2 Å². The molecule has 0 atom stereocenters. The first kappa shape index (κ1) is 20.6. The number of thioether (sulfide) groups is 1. The number of ether oxygens (including phenoxy) is 1. The quantitative estimate of drug-likeness (QED) is 0.632. The molecule has 0 unspecified atom stereocenters. The summed E-state index contributed by atoms with van der Waals surface area (Å²) in [4.78, 5) is 36.0. The van der Waals surface area contributed by atoms with E-state index in [2.05, 4.69) is 22.0 Å². The van der Waals surface area contributed by atoms with Crippen molar-refractivity contribution < 1.29 is 24.2 Å². The highest BCUT2D eigenvalue weighted by Gasteiger charge is 2.36. The fourth-order valence-corrected chi connectivity index (χ4v) is 3.80. The summed E-state index contributed by atoms with van der Waals surface area (Å²) in [6, 6.07) is 14.3. The van der Waals surface area contributed by atoms with Crippen LogP contribution in [0.5, 0.6) is 5.75 Å². The van der Waals surface area contributed by atoms with E-state index in [1.54, 1.807) is 42.5 Å². The van der Waals surface area contributed by atoms with Crippen molar-refractivity contribution in [3.63, 3.8) is 0 Å². The van der Waals surface area contributed by atoms with E-state index in [4.69, 9.17) is 9.84 Å². The van der Waals surface area contributed by atoms with Crippen molar-refractivity contribution in [2.75, 3.05) is 6.54 Å². The molecule has 146 valence electrons. The third kappa shape index (κ3) is 4.85. The summed E-state index contributed by atoms with van der Waals surface area (Å²) in [5.74, 6) is -1.48. The summed E-state index contributed by atoms with van der Waals surface area (Å²) in [5, 5.41) is 17.4. The number of carboxylic acid groups (broad SMARTS) is 1. The second-order valence-electron chi connectivity index (χ2n) is 5.90. The standard InChI is InChI=1S/C20H13BrN2O5S/c21-15-5-6-16(28-11-13-4-2-1-3-12(13)9-22)14(7-15)8-17-19(26)23(10-18(24)25)20(27)29-17/h1-8H,10-11H2,(H,24,25). The minimum atomic E-state index is -1.27. The summed E-state index contributed by atoms with van der Waals surface area (Å²) < 4.78 is 6.59. The van der Waals surface area contributed by atoms with Crippen molar-refractivity contribution in [2.45, 2.75) is 6.61 Å². The fraction of sp³-hybridized carbons (Fsp3) is 0.100. The summed E-state index contributed by atoms with van der Waals surface area (Å²) in [6.07, 6.45) is 1.49. The second-order valence-corrected chi connectivity index (χ2v) is 7.81. The Labute approximate surface area is 178 Å². The Balaban J connectivity index is 1.87. The van der Waals surface area contributed by atoms with Crippen LogP contribution in [0.3, 0.4) is 0 Å². The smallest absolute Gasteiger partial charge is 0.323 e. The predicted molar refractivity (Wildman–Crippen MR) is 110 cm³/mol. The molecule has 2 aromatic carbocycles. The van der Waals surface area contributed by atoms with Crippen LogP contribution < -0.4 is 4.74 Å². The van der Waals surface area contributed by atoms with E-state index in [1.165, 1.54) is 6.08 Å². The van der Waals surface area contributed by atoms with Gasteiger partial charge >= 0.3 is 5.97 Å². The summed E-state index contributed by atoms with van der Waals surface area (Å²) in [5.41, 5.74) is 1.75. The summed E-state index contributed by atoms with van der Waals surface area (Å²) in [6.45, 7) is -0.540. The number of imide groups is 1. The molecule has 1 N–H and O–H groups in total. The molecule has 0 spiro atoms. The molecule has 0 radical (unpaired) electrons. The third-order valence-electron chi connectivity index (χ3n) is 3.95. The Morgan fingerprint density at radius 1 is 1.28 bits per heavy atom. The SMILES string of the molecule is N#Cc1ccccc1COc1ccc(Br)cc1C=C1SC(=O)N(CC(=O)O)C1=O. The van der Waals surface area contributed by atoms with Gasteiger partial charge in [-0.25, -0.2) is 0 Å². The Morgan fingerprint density at radius 2 is 2.03 bits per heavy atom. The second kappa shape index (κ2) is 8.94. The van der Waals surface area contributed by atoms with Crippen LogP contribution in [-0.4, -0.2) is 33.7 Å². The van der Waals surface area contributed by atoms with Gasteiger partial charge in [0.15, 0.2) is 0 Å². The van der Waals surface area contributed by atoms with Crippen LogP contribution in [0.4, 0.5) is 4.79 Å². The van der Waals surface area contributed by atoms with Gasteiger partial charge in [0.1, 0.15) is 18.9 Å². The molecule has 9 heteroatoms. The Hall–Kier alpha value is -3.09. The van der Waals surface area contributed by atoms with Crippen LogP contribution in [0, 0.1) is 11.3 Å². The number of carboxylic acids is 1. The predicted octanol–water partition coefficient (Wildman–Crippen LogP) is 4.02. The van der Waals surface area contributed by atoms with Gasteiger partial charge in [-0.1, -0.05) is 34.1 Å². The average Bonchev–Trinajstić information content (AvgIpc) is 2.94. The number of amides is 2. The molecule has 0 aromatic heterocycles. The molecular weight excluding hydrogens is 460 g/mol. The monoisotopic (exact) mass is 472 g/mol. The van der Waals surface area contributed by atoms with Crippen LogP contribution >= 0.6 is 27.7 Å². The normalized spacial score (nSPS) is 14.9. The number of rotatable bonds is 6. The molecule has 0 saturated carbocycles. The van der Waals surface area contributed by atoms with Gasteiger partial charge in [0.2, 0.25) is 0 Å². The van der Waals surface area contributed by atoms with E-state index < -0.39 is 23.7 Å². The van der Waals surface area contributed by atoms with Crippen LogP contribution in [0.15, 0.2) is 51.8 Å². The lowest BCUT2D eigenvalue weighted by atomic mass is 10.1. The number of aliphatic carboxylic acids is 1. The molecule has 3 rings (SSSR count). The van der Waals surface area contributed by atoms with E-state index in [9.17, 15) is 19.6 Å². The number of nitriles is 1. The molecule has 29 heavy (non-hydrogen) atoms. The topological polar surface area (TPSA) is 108 Å². The van der Waals surface area contributed by atoms with Gasteiger partial charge in [-0.3, -0.25) is 19.3 Å². The number of nitrogens with zero attached hydrogens (tertiary/aromatic N) is 2. The lowest BCUT2D eigenvalue weighted by Crippen LogP contribution is -2.33. The molecule has 1 fully saturated rings. The van der Waals surface area contributed by atoms with E-state index in [0.29, 0.717) is 39.1 Å². The molecule has 2 amide bonds. The zero-order chi connectivity index (χ0) is 21.0. The van der Waals surface area contributed by atoms with E-state index >= 15 is 0 Å². The summed E-state index contributed by atoms with van der Waals surface area (Å²) in [7, 11) is 0. The average molecular weight is 473 g/mol. The lowest BCUT2D eigenvalue weighted by Gasteiger charge is -2.11. The first-order chi connectivity index (χ1) is 13.9. The summed E-state index contributed by atoms with van der Waals surface area (Å²) >= 11 is 4.04. The number of carbonyl (C=O) groups excluding carboxylic acids is 2. The van der Waals surface area contributed by atoms with Gasteiger partial charge in [0.05, 0.1) is 16.5 Å². The Morgan fingerprint density at radius 3 is 2.76 bits per heavy atom. The molecule has 1 saturated heterocycles. The van der Waals surface area contributed by atoms with Gasteiger partial charge in [0.25, 0.3) is 11.1 Å². The minimum absolute atomic E-state index is 0.108.